The van der Waals surface area contributed by atoms with Crippen molar-refractivity contribution in [1.29, 1.82) is 0 Å². The van der Waals surface area contributed by atoms with Crippen LogP contribution >= 0.6 is 11.3 Å². The Morgan fingerprint density at radius 1 is 1.44 bits per heavy atom. The number of carbonyl (C=O) groups excluding carboxylic acids is 1. The van der Waals surface area contributed by atoms with Crippen molar-refractivity contribution in [1.82, 2.24) is 10.3 Å². The second-order valence-corrected chi connectivity index (χ2v) is 7.20. The summed E-state index contributed by atoms with van der Waals surface area (Å²) in [7, 11) is 0. The van der Waals surface area contributed by atoms with E-state index in [1.54, 1.807) is 0 Å². The lowest BCUT2D eigenvalue weighted by Crippen LogP contribution is -2.40. The van der Waals surface area contributed by atoms with Gasteiger partial charge in [-0.15, -0.1) is 11.3 Å². The first-order chi connectivity index (χ1) is 12.1. The number of thiazole rings is 1. The summed E-state index contributed by atoms with van der Waals surface area (Å²) in [5.74, 6) is 0.762. The maximum atomic E-state index is 12.6. The van der Waals surface area contributed by atoms with Gasteiger partial charge >= 0.3 is 0 Å². The fourth-order valence-electron chi connectivity index (χ4n) is 2.95. The molecule has 1 fully saturated rings. The van der Waals surface area contributed by atoms with Crippen LogP contribution in [0.4, 0.5) is 0 Å². The molecule has 1 aliphatic rings. The van der Waals surface area contributed by atoms with E-state index in [9.17, 15) is 4.79 Å². The summed E-state index contributed by atoms with van der Waals surface area (Å²) in [5.41, 5.74) is 1.74. The molecule has 0 aliphatic carbocycles. The van der Waals surface area contributed by atoms with Crippen LogP contribution in [-0.2, 0) is 4.74 Å². The minimum absolute atomic E-state index is 0.00502. The zero-order valence-electron chi connectivity index (χ0n) is 14.9. The molecule has 0 saturated carbocycles. The van der Waals surface area contributed by atoms with E-state index < -0.39 is 0 Å². The Labute approximate surface area is 152 Å². The highest BCUT2D eigenvalue weighted by molar-refractivity contribution is 7.17. The monoisotopic (exact) mass is 360 g/mol. The summed E-state index contributed by atoms with van der Waals surface area (Å²) >= 11 is 1.42. The Bertz CT molecular complexity index is 721. The van der Waals surface area contributed by atoms with Crippen LogP contribution in [0, 0.1) is 6.92 Å². The van der Waals surface area contributed by atoms with E-state index in [2.05, 4.69) is 10.3 Å². The molecule has 1 N–H and O–H groups in total. The molecule has 1 saturated heterocycles. The minimum atomic E-state index is -0.0739. The van der Waals surface area contributed by atoms with Crippen molar-refractivity contribution in [3.05, 3.63) is 34.8 Å². The molecule has 2 atom stereocenters. The van der Waals surface area contributed by atoms with E-state index in [1.807, 2.05) is 45.0 Å². The maximum Gasteiger partial charge on any atom is 0.263 e. The molecule has 2 unspecified atom stereocenters. The average molecular weight is 360 g/mol. The zero-order chi connectivity index (χ0) is 17.8. The molecule has 1 aliphatic heterocycles. The van der Waals surface area contributed by atoms with Gasteiger partial charge in [0.15, 0.2) is 0 Å². The van der Waals surface area contributed by atoms with Crippen molar-refractivity contribution < 1.29 is 14.3 Å². The van der Waals surface area contributed by atoms with Crippen molar-refractivity contribution in [3.63, 3.8) is 0 Å². The summed E-state index contributed by atoms with van der Waals surface area (Å²) in [6.45, 7) is 7.26. The number of ether oxygens (including phenoxy) is 2. The Balaban J connectivity index is 1.71. The number of amides is 1. The average Bonchev–Trinajstić information content (AvgIpc) is 3.25. The number of nitrogens with one attached hydrogen (secondary N) is 1. The van der Waals surface area contributed by atoms with Crippen molar-refractivity contribution in [3.8, 4) is 16.3 Å². The third-order valence-corrected chi connectivity index (χ3v) is 5.50. The molecule has 0 radical (unpaired) electrons. The van der Waals surface area contributed by atoms with Crippen LogP contribution < -0.4 is 10.1 Å². The van der Waals surface area contributed by atoms with Gasteiger partial charge in [0.2, 0.25) is 0 Å². The molecule has 0 spiro atoms. The molecule has 3 rings (SSSR count). The van der Waals surface area contributed by atoms with Crippen LogP contribution in [-0.4, -0.2) is 36.3 Å². The molecule has 2 aromatic rings. The van der Waals surface area contributed by atoms with Gasteiger partial charge in [0.1, 0.15) is 15.6 Å². The molecule has 134 valence electrons. The quantitative estimate of drug-likeness (QED) is 0.851. The standard InChI is InChI=1S/C19H24N2O3S/c1-4-23-15-9-7-14(8-10-15)19-21-13(3)17(25-19)18(22)20-12(2)16-6-5-11-24-16/h7-10,12,16H,4-6,11H2,1-3H3,(H,20,22). The smallest absolute Gasteiger partial charge is 0.263 e. The highest BCUT2D eigenvalue weighted by atomic mass is 32.1. The maximum absolute atomic E-state index is 12.6. The van der Waals surface area contributed by atoms with E-state index in [0.29, 0.717) is 11.5 Å². The van der Waals surface area contributed by atoms with E-state index in [0.717, 1.165) is 41.5 Å². The molecule has 1 amide bonds. The Morgan fingerprint density at radius 3 is 2.84 bits per heavy atom. The molecule has 5 nitrogen and oxygen atoms in total. The third kappa shape index (κ3) is 4.19. The van der Waals surface area contributed by atoms with Gasteiger partial charge in [-0.1, -0.05) is 0 Å². The summed E-state index contributed by atoms with van der Waals surface area (Å²) in [5, 5.41) is 3.90. The predicted molar refractivity (Wildman–Crippen MR) is 99.4 cm³/mol. The third-order valence-electron chi connectivity index (χ3n) is 4.30. The van der Waals surface area contributed by atoms with E-state index in [1.165, 1.54) is 11.3 Å². The Morgan fingerprint density at radius 2 is 2.20 bits per heavy atom. The second-order valence-electron chi connectivity index (χ2n) is 6.20. The highest BCUT2D eigenvalue weighted by Gasteiger charge is 2.25. The summed E-state index contributed by atoms with van der Waals surface area (Å²) in [6.07, 6.45) is 2.18. The molecule has 1 aromatic carbocycles. The highest BCUT2D eigenvalue weighted by Crippen LogP contribution is 2.29. The van der Waals surface area contributed by atoms with Crippen LogP contribution in [0.1, 0.15) is 42.1 Å². The molecule has 1 aromatic heterocycles. The number of rotatable bonds is 6. The van der Waals surface area contributed by atoms with Crippen LogP contribution in [0.2, 0.25) is 0 Å². The normalized spacial score (nSPS) is 18.1. The van der Waals surface area contributed by atoms with E-state index >= 15 is 0 Å². The van der Waals surface area contributed by atoms with Gasteiger partial charge in [0, 0.05) is 12.2 Å². The fourth-order valence-corrected chi connectivity index (χ4v) is 3.93. The zero-order valence-corrected chi connectivity index (χ0v) is 15.7. The molecule has 25 heavy (non-hydrogen) atoms. The van der Waals surface area contributed by atoms with Gasteiger partial charge in [-0.3, -0.25) is 4.79 Å². The molecule has 6 heteroatoms. The fraction of sp³-hybridized carbons (Fsp3) is 0.474. The Kier molecular flexibility index (Phi) is 5.71. The minimum Gasteiger partial charge on any atom is -0.494 e. The second kappa shape index (κ2) is 7.97. The first-order valence-corrected chi connectivity index (χ1v) is 9.53. The molecular formula is C19H24N2O3S. The van der Waals surface area contributed by atoms with Gasteiger partial charge in [0.05, 0.1) is 24.4 Å². The summed E-state index contributed by atoms with van der Waals surface area (Å²) < 4.78 is 11.1. The van der Waals surface area contributed by atoms with Gasteiger partial charge in [-0.2, -0.15) is 0 Å². The largest absolute Gasteiger partial charge is 0.494 e. The number of carbonyl (C=O) groups is 1. The predicted octanol–water partition coefficient (Wildman–Crippen LogP) is 3.81. The van der Waals surface area contributed by atoms with Gasteiger partial charge in [0.25, 0.3) is 5.91 Å². The lowest BCUT2D eigenvalue weighted by Gasteiger charge is -2.19. The van der Waals surface area contributed by atoms with Gasteiger partial charge < -0.3 is 14.8 Å². The SMILES string of the molecule is CCOc1ccc(-c2nc(C)c(C(=O)NC(C)C3CCCO3)s2)cc1. The number of nitrogens with zero attached hydrogens (tertiary/aromatic N) is 1. The van der Waals surface area contributed by atoms with E-state index in [-0.39, 0.29) is 18.1 Å². The van der Waals surface area contributed by atoms with Crippen LogP contribution in [0.25, 0.3) is 10.6 Å². The number of aryl methyl sites for hydroxylation is 1. The summed E-state index contributed by atoms with van der Waals surface area (Å²) in [6, 6.07) is 7.80. The lowest BCUT2D eigenvalue weighted by atomic mass is 10.1. The molecule has 0 bridgehead atoms. The first kappa shape index (κ1) is 17.9. The van der Waals surface area contributed by atoms with Gasteiger partial charge in [-0.05, 0) is 57.9 Å². The number of hydrogen-bond donors (Lipinski definition) is 1. The molecular weight excluding hydrogens is 336 g/mol. The van der Waals surface area contributed by atoms with Crippen LogP contribution in [0.15, 0.2) is 24.3 Å². The van der Waals surface area contributed by atoms with Crippen molar-refractivity contribution in [2.75, 3.05) is 13.2 Å². The van der Waals surface area contributed by atoms with Crippen molar-refractivity contribution in [2.45, 2.75) is 45.8 Å². The Hall–Kier alpha value is -1.92. The van der Waals surface area contributed by atoms with Crippen LogP contribution in [0.5, 0.6) is 5.75 Å². The topological polar surface area (TPSA) is 60.5 Å². The lowest BCUT2D eigenvalue weighted by molar-refractivity contribution is 0.0714. The van der Waals surface area contributed by atoms with Crippen LogP contribution in [0.3, 0.4) is 0 Å². The number of benzene rings is 1. The van der Waals surface area contributed by atoms with Gasteiger partial charge in [-0.25, -0.2) is 4.98 Å². The first-order valence-electron chi connectivity index (χ1n) is 8.71. The summed E-state index contributed by atoms with van der Waals surface area (Å²) in [4.78, 5) is 17.8. The molecule has 2 heterocycles. The van der Waals surface area contributed by atoms with E-state index in [4.69, 9.17) is 9.47 Å². The van der Waals surface area contributed by atoms with Crippen molar-refractivity contribution >= 4 is 17.2 Å². The number of aromatic nitrogens is 1. The number of hydrogen-bond acceptors (Lipinski definition) is 5. The van der Waals surface area contributed by atoms with Crippen molar-refractivity contribution in [2.24, 2.45) is 0 Å².